The summed E-state index contributed by atoms with van der Waals surface area (Å²) in [7, 11) is 0. The highest BCUT2D eigenvalue weighted by Gasteiger charge is 2.30. The molecule has 1 aliphatic rings. The van der Waals surface area contributed by atoms with Crippen molar-refractivity contribution in [1.82, 2.24) is 14.5 Å². The van der Waals surface area contributed by atoms with Crippen LogP contribution >= 0.6 is 0 Å². The van der Waals surface area contributed by atoms with Crippen LogP contribution in [0, 0.1) is 19.2 Å². The summed E-state index contributed by atoms with van der Waals surface area (Å²) in [4.78, 5) is 9.30. The van der Waals surface area contributed by atoms with E-state index in [9.17, 15) is 1.37 Å². The maximum absolute atomic E-state index is 9.75. The second-order valence-corrected chi connectivity index (χ2v) is 9.96. The third kappa shape index (κ3) is 2.80. The van der Waals surface area contributed by atoms with Crippen molar-refractivity contribution in [3.63, 3.8) is 0 Å². The van der Waals surface area contributed by atoms with Gasteiger partial charge in [0.15, 0.2) is 0 Å². The van der Waals surface area contributed by atoms with Gasteiger partial charge in [-0.1, -0.05) is 38.1 Å². The minimum atomic E-state index is -2.46. The number of pyridine rings is 1. The van der Waals surface area contributed by atoms with Crippen LogP contribution in [-0.2, 0) is 6.98 Å². The van der Waals surface area contributed by atoms with Gasteiger partial charge in [-0.25, -0.2) is 4.98 Å². The van der Waals surface area contributed by atoms with Crippen molar-refractivity contribution >= 4 is 43.5 Å². The third-order valence-electron chi connectivity index (χ3n) is 7.34. The second kappa shape index (κ2) is 6.78. The van der Waals surface area contributed by atoms with Gasteiger partial charge in [-0.2, -0.15) is 0 Å². The molecule has 0 amide bonds. The standard InChI is InChI=1S/C29H31N3/c1-17-16-30-28-21-9-7-6-8-20(21)22-14-24-25(32(5)18(2)31-24)15-23(22)27(28)26(17)19-10-12-29(3,4)13-11-19/h6-9,14-16,19H,10-13H2,1-5H3/i1D3,5D3,19D. The van der Waals surface area contributed by atoms with E-state index in [0.717, 1.165) is 29.0 Å². The molecule has 3 nitrogen and oxygen atoms in total. The number of aryl methyl sites for hydroxylation is 3. The zero-order valence-corrected chi connectivity index (χ0v) is 18.7. The number of imidazole rings is 1. The van der Waals surface area contributed by atoms with Crippen molar-refractivity contribution in [2.75, 3.05) is 0 Å². The van der Waals surface area contributed by atoms with Crippen molar-refractivity contribution < 1.29 is 9.60 Å². The summed E-state index contributed by atoms with van der Waals surface area (Å²) in [5.41, 5.74) is 2.32. The summed E-state index contributed by atoms with van der Waals surface area (Å²) in [5, 5.41) is 3.96. The predicted octanol–water partition coefficient (Wildman–Crippen LogP) is 7.73. The summed E-state index contributed by atoms with van der Waals surface area (Å²) < 4.78 is 60.7. The van der Waals surface area contributed by atoms with Crippen molar-refractivity contribution in [2.45, 2.75) is 59.2 Å². The van der Waals surface area contributed by atoms with E-state index in [1.807, 2.05) is 36.4 Å². The first-order valence-corrected chi connectivity index (χ1v) is 11.3. The van der Waals surface area contributed by atoms with Gasteiger partial charge in [0.25, 0.3) is 0 Å². The van der Waals surface area contributed by atoms with Crippen LogP contribution in [0.15, 0.2) is 42.6 Å². The first-order valence-electron chi connectivity index (χ1n) is 14.8. The maximum atomic E-state index is 9.75. The van der Waals surface area contributed by atoms with Gasteiger partial charge >= 0.3 is 0 Å². The first kappa shape index (κ1) is 13.6. The Labute approximate surface area is 199 Å². The summed E-state index contributed by atoms with van der Waals surface area (Å²) >= 11 is 0. The van der Waals surface area contributed by atoms with Crippen molar-refractivity contribution in [1.29, 1.82) is 0 Å². The van der Waals surface area contributed by atoms with Crippen LogP contribution in [0.5, 0.6) is 0 Å². The molecule has 0 spiro atoms. The van der Waals surface area contributed by atoms with Crippen LogP contribution in [0.25, 0.3) is 43.5 Å². The van der Waals surface area contributed by atoms with E-state index in [-0.39, 0.29) is 11.0 Å². The lowest BCUT2D eigenvalue weighted by Gasteiger charge is -2.35. The Morgan fingerprint density at radius 2 is 1.84 bits per heavy atom. The zero-order chi connectivity index (χ0) is 28.1. The lowest BCUT2D eigenvalue weighted by molar-refractivity contribution is 0.225. The van der Waals surface area contributed by atoms with Gasteiger partial charge in [0, 0.05) is 33.5 Å². The van der Waals surface area contributed by atoms with Gasteiger partial charge < -0.3 is 4.57 Å². The molecule has 0 atom stereocenters. The van der Waals surface area contributed by atoms with E-state index in [1.54, 1.807) is 6.92 Å². The molecule has 0 N–H and O–H groups in total. The number of benzene rings is 3. The van der Waals surface area contributed by atoms with E-state index in [4.69, 9.17) is 13.2 Å². The minimum absolute atomic E-state index is 0.0815. The Morgan fingerprint density at radius 1 is 1.06 bits per heavy atom. The number of rotatable bonds is 1. The summed E-state index contributed by atoms with van der Waals surface area (Å²) in [6.45, 7) is 1.17. The molecule has 0 saturated heterocycles. The second-order valence-electron chi connectivity index (χ2n) is 9.96. The van der Waals surface area contributed by atoms with Gasteiger partial charge in [-0.15, -0.1) is 0 Å². The van der Waals surface area contributed by atoms with Gasteiger partial charge in [0.1, 0.15) is 5.82 Å². The fourth-order valence-corrected chi connectivity index (χ4v) is 5.42. The zero-order valence-electron chi connectivity index (χ0n) is 25.7. The fourth-order valence-electron chi connectivity index (χ4n) is 5.42. The van der Waals surface area contributed by atoms with Gasteiger partial charge in [0.2, 0.25) is 0 Å². The van der Waals surface area contributed by atoms with E-state index < -0.39 is 19.7 Å². The third-order valence-corrected chi connectivity index (χ3v) is 7.34. The lowest BCUT2D eigenvalue weighted by atomic mass is 9.70. The molecular weight excluding hydrogens is 390 g/mol. The van der Waals surface area contributed by atoms with Gasteiger partial charge in [-0.3, -0.25) is 4.98 Å². The Balaban J connectivity index is 1.86. The normalized spacial score (nSPS) is 22.2. The predicted molar refractivity (Wildman–Crippen MR) is 135 cm³/mol. The number of aromatic nitrogens is 3. The molecule has 162 valence electrons. The Kier molecular flexibility index (Phi) is 2.87. The smallest absolute Gasteiger partial charge is 0.106 e. The molecule has 0 unspecified atom stereocenters. The summed E-state index contributed by atoms with van der Waals surface area (Å²) in [6, 6.07) is 11.6. The Bertz CT molecular complexity index is 1790. The van der Waals surface area contributed by atoms with Crippen molar-refractivity contribution in [3.05, 3.63) is 59.5 Å². The number of hydrogen-bond donors (Lipinski definition) is 0. The van der Waals surface area contributed by atoms with Crippen LogP contribution in [0.2, 0.25) is 0 Å². The van der Waals surface area contributed by atoms with Crippen LogP contribution in [-0.4, -0.2) is 14.5 Å². The van der Waals surface area contributed by atoms with Crippen LogP contribution < -0.4 is 0 Å². The maximum Gasteiger partial charge on any atom is 0.106 e. The average molecular weight is 429 g/mol. The molecule has 1 saturated carbocycles. The van der Waals surface area contributed by atoms with Crippen LogP contribution in [0.4, 0.5) is 0 Å². The number of nitrogens with zero attached hydrogens (tertiary/aromatic N) is 3. The largest absolute Gasteiger partial charge is 0.331 e. The molecular formula is C29H31N3. The van der Waals surface area contributed by atoms with E-state index in [2.05, 4.69) is 18.8 Å². The fraction of sp³-hybridized carbons (Fsp3) is 0.379. The van der Waals surface area contributed by atoms with Gasteiger partial charge in [0.05, 0.1) is 16.6 Å². The van der Waals surface area contributed by atoms with E-state index in [1.165, 1.54) is 10.8 Å². The Hall–Kier alpha value is -2.94. The molecule has 0 aliphatic heterocycles. The monoisotopic (exact) mass is 428 g/mol. The summed E-state index contributed by atoms with van der Waals surface area (Å²) in [6.07, 6.45) is 4.12. The molecule has 32 heavy (non-hydrogen) atoms. The molecule has 6 rings (SSSR count). The highest BCUT2D eigenvalue weighted by Crippen LogP contribution is 2.47. The molecule has 5 aromatic rings. The molecule has 2 heterocycles. The van der Waals surface area contributed by atoms with E-state index >= 15 is 0 Å². The lowest BCUT2D eigenvalue weighted by Crippen LogP contribution is -2.21. The molecule has 0 bridgehead atoms. The summed E-state index contributed by atoms with van der Waals surface area (Å²) in [5.74, 6) is -0.743. The topological polar surface area (TPSA) is 30.7 Å². The quantitative estimate of drug-likeness (QED) is 0.256. The molecule has 2 aromatic heterocycles. The molecule has 3 heteroatoms. The van der Waals surface area contributed by atoms with Gasteiger partial charge in [-0.05, 0) is 90.2 Å². The highest BCUT2D eigenvalue weighted by molar-refractivity contribution is 6.26. The van der Waals surface area contributed by atoms with Crippen molar-refractivity contribution in [3.8, 4) is 0 Å². The molecule has 3 aromatic carbocycles. The Morgan fingerprint density at radius 3 is 2.59 bits per heavy atom. The molecule has 1 fully saturated rings. The van der Waals surface area contributed by atoms with E-state index in [0.29, 0.717) is 51.6 Å². The molecule has 1 aliphatic carbocycles. The number of hydrogen-bond acceptors (Lipinski definition) is 2. The minimum Gasteiger partial charge on any atom is -0.331 e. The highest BCUT2D eigenvalue weighted by atomic mass is 15.0. The van der Waals surface area contributed by atoms with Crippen molar-refractivity contribution in [2.24, 2.45) is 12.4 Å². The van der Waals surface area contributed by atoms with Crippen LogP contribution in [0.3, 0.4) is 0 Å². The first-order chi connectivity index (χ1) is 18.1. The SMILES string of the molecule is [2H]C([2H])([2H])c1cnc2c3ccccc3c3cc4nc(C)n(C([2H])([2H])[2H])c4cc3c2c1C1([2H])CCC(C)(C)CC1. The molecule has 0 radical (unpaired) electrons. The number of fused-ring (bicyclic) bond motifs is 7. The van der Waals surface area contributed by atoms with Crippen LogP contribution in [0.1, 0.15) is 72.0 Å². The average Bonchev–Trinajstić information content (AvgIpc) is 3.19.